The van der Waals surface area contributed by atoms with Crippen molar-refractivity contribution in [2.45, 2.75) is 13.8 Å². The lowest BCUT2D eigenvalue weighted by atomic mass is 9.81. The van der Waals surface area contributed by atoms with E-state index in [1.54, 1.807) is 6.07 Å². The average molecular weight is 224 g/mol. The number of nitrogens with one attached hydrogen (secondary N) is 1. The fourth-order valence-corrected chi connectivity index (χ4v) is 1.31. The van der Waals surface area contributed by atoms with Crippen molar-refractivity contribution in [1.29, 1.82) is 0 Å². The molecule has 1 rings (SSSR count). The van der Waals surface area contributed by atoms with Gasteiger partial charge in [-0.1, -0.05) is 6.07 Å². The Kier molecular flexibility index (Phi) is 5.24. The molecule has 0 aromatic carbocycles. The summed E-state index contributed by atoms with van der Waals surface area (Å²) in [6.45, 7) is 5.82. The van der Waals surface area contributed by atoms with Crippen molar-refractivity contribution in [1.82, 2.24) is 4.98 Å². The smallest absolute Gasteiger partial charge is 0.423 e. The Hall–Kier alpha value is -1.11. The standard InChI is InChI=1S/C10H17BN2O3/c1-3-16-5-4-12-10-8(2)6-9(7-13-10)11(14)15/h6-7,14-15H,3-5H2,1-2H3,(H,12,13). The van der Waals surface area contributed by atoms with Gasteiger partial charge < -0.3 is 20.1 Å². The van der Waals surface area contributed by atoms with Crippen molar-refractivity contribution in [3.63, 3.8) is 0 Å². The number of aromatic nitrogens is 1. The van der Waals surface area contributed by atoms with Gasteiger partial charge >= 0.3 is 7.12 Å². The van der Waals surface area contributed by atoms with Crippen LogP contribution in [0.15, 0.2) is 12.3 Å². The molecule has 0 unspecified atom stereocenters. The minimum absolute atomic E-state index is 0.396. The number of aryl methyl sites for hydroxylation is 1. The molecule has 88 valence electrons. The van der Waals surface area contributed by atoms with Crippen molar-refractivity contribution in [3.8, 4) is 0 Å². The van der Waals surface area contributed by atoms with Crippen LogP contribution in [0.4, 0.5) is 5.82 Å². The molecule has 0 saturated carbocycles. The first-order valence-corrected chi connectivity index (χ1v) is 5.29. The zero-order chi connectivity index (χ0) is 12.0. The van der Waals surface area contributed by atoms with Crippen LogP contribution in [0.1, 0.15) is 12.5 Å². The van der Waals surface area contributed by atoms with Crippen LogP contribution >= 0.6 is 0 Å². The van der Waals surface area contributed by atoms with E-state index < -0.39 is 7.12 Å². The summed E-state index contributed by atoms with van der Waals surface area (Å²) in [6, 6.07) is 1.70. The van der Waals surface area contributed by atoms with Crippen molar-refractivity contribution < 1.29 is 14.8 Å². The monoisotopic (exact) mass is 224 g/mol. The molecule has 6 heteroatoms. The normalized spacial score (nSPS) is 10.2. The largest absolute Gasteiger partial charge is 0.490 e. The molecule has 0 fully saturated rings. The zero-order valence-corrected chi connectivity index (χ0v) is 9.60. The summed E-state index contributed by atoms with van der Waals surface area (Å²) in [5, 5.41) is 21.0. The van der Waals surface area contributed by atoms with Gasteiger partial charge in [-0.15, -0.1) is 0 Å². The summed E-state index contributed by atoms with van der Waals surface area (Å²) in [5.41, 5.74) is 1.27. The highest BCUT2D eigenvalue weighted by Crippen LogP contribution is 2.07. The molecule has 16 heavy (non-hydrogen) atoms. The first-order chi connectivity index (χ1) is 7.65. The maximum absolute atomic E-state index is 8.96. The lowest BCUT2D eigenvalue weighted by Crippen LogP contribution is -2.30. The van der Waals surface area contributed by atoms with Crippen LogP contribution in [0.5, 0.6) is 0 Å². The zero-order valence-electron chi connectivity index (χ0n) is 9.60. The molecule has 0 amide bonds. The van der Waals surface area contributed by atoms with Gasteiger partial charge in [0.15, 0.2) is 0 Å². The molecule has 0 bridgehead atoms. The topological polar surface area (TPSA) is 74.6 Å². The fraction of sp³-hybridized carbons (Fsp3) is 0.500. The third-order valence-corrected chi connectivity index (χ3v) is 2.14. The van der Waals surface area contributed by atoms with Crippen molar-refractivity contribution >= 4 is 18.4 Å². The number of nitrogens with zero attached hydrogens (tertiary/aromatic N) is 1. The van der Waals surface area contributed by atoms with Crippen molar-refractivity contribution in [3.05, 3.63) is 17.8 Å². The SMILES string of the molecule is CCOCCNc1ncc(B(O)O)cc1C. The lowest BCUT2D eigenvalue weighted by molar-refractivity contribution is 0.158. The van der Waals surface area contributed by atoms with Crippen LogP contribution in [-0.2, 0) is 4.74 Å². The fourth-order valence-electron chi connectivity index (χ4n) is 1.31. The first-order valence-electron chi connectivity index (χ1n) is 5.29. The van der Waals surface area contributed by atoms with Crippen LogP contribution in [0.25, 0.3) is 0 Å². The number of hydrogen-bond donors (Lipinski definition) is 3. The quantitative estimate of drug-likeness (QED) is 0.449. The highest BCUT2D eigenvalue weighted by molar-refractivity contribution is 6.58. The second-order valence-corrected chi connectivity index (χ2v) is 3.43. The maximum Gasteiger partial charge on any atom is 0.490 e. The third-order valence-electron chi connectivity index (χ3n) is 2.14. The molecule has 3 N–H and O–H groups in total. The lowest BCUT2D eigenvalue weighted by Gasteiger charge is -2.09. The highest BCUT2D eigenvalue weighted by Gasteiger charge is 2.12. The van der Waals surface area contributed by atoms with Crippen molar-refractivity contribution in [2.75, 3.05) is 25.1 Å². The van der Waals surface area contributed by atoms with Gasteiger partial charge in [-0.05, 0) is 19.4 Å². The van der Waals surface area contributed by atoms with Gasteiger partial charge in [0.2, 0.25) is 0 Å². The van der Waals surface area contributed by atoms with E-state index in [1.807, 2.05) is 13.8 Å². The Bertz CT molecular complexity index is 334. The van der Waals surface area contributed by atoms with E-state index in [1.165, 1.54) is 6.20 Å². The molecule has 0 saturated heterocycles. The van der Waals surface area contributed by atoms with Gasteiger partial charge in [-0.2, -0.15) is 0 Å². The summed E-state index contributed by atoms with van der Waals surface area (Å²) < 4.78 is 5.19. The average Bonchev–Trinajstić information content (AvgIpc) is 2.26. The summed E-state index contributed by atoms with van der Waals surface area (Å²) in [4.78, 5) is 4.11. The Morgan fingerprint density at radius 2 is 2.25 bits per heavy atom. The van der Waals surface area contributed by atoms with Crippen molar-refractivity contribution in [2.24, 2.45) is 0 Å². The van der Waals surface area contributed by atoms with E-state index in [9.17, 15) is 0 Å². The number of pyridine rings is 1. The second-order valence-electron chi connectivity index (χ2n) is 3.43. The number of anilines is 1. The van der Waals surface area contributed by atoms with E-state index in [2.05, 4.69) is 10.3 Å². The van der Waals surface area contributed by atoms with Gasteiger partial charge in [-0.25, -0.2) is 4.98 Å². The first kappa shape index (κ1) is 13.0. The summed E-state index contributed by atoms with van der Waals surface area (Å²) in [5.74, 6) is 0.740. The molecular formula is C10H17BN2O3. The number of ether oxygens (including phenoxy) is 1. The molecule has 0 aliphatic carbocycles. The van der Waals surface area contributed by atoms with Crippen LogP contribution in [0.2, 0.25) is 0 Å². The number of hydrogen-bond acceptors (Lipinski definition) is 5. The molecular weight excluding hydrogens is 207 g/mol. The molecule has 1 heterocycles. The van der Waals surface area contributed by atoms with Crippen LogP contribution in [0.3, 0.4) is 0 Å². The predicted octanol–water partition coefficient (Wildman–Crippen LogP) is -0.482. The minimum Gasteiger partial charge on any atom is -0.423 e. The molecule has 1 aromatic rings. The maximum atomic E-state index is 8.96. The molecule has 0 aliphatic heterocycles. The Morgan fingerprint density at radius 1 is 1.50 bits per heavy atom. The minimum atomic E-state index is -1.47. The Balaban J connectivity index is 2.54. The molecule has 0 aliphatic rings. The van der Waals surface area contributed by atoms with E-state index in [0.717, 1.165) is 11.4 Å². The molecule has 0 spiro atoms. The van der Waals surface area contributed by atoms with Crippen LogP contribution in [-0.4, -0.2) is 41.9 Å². The Morgan fingerprint density at radius 3 is 2.81 bits per heavy atom. The van der Waals surface area contributed by atoms with E-state index in [0.29, 0.717) is 25.2 Å². The molecule has 0 radical (unpaired) electrons. The van der Waals surface area contributed by atoms with Gasteiger partial charge in [0.05, 0.1) is 6.61 Å². The van der Waals surface area contributed by atoms with Crippen LogP contribution in [0, 0.1) is 6.92 Å². The van der Waals surface area contributed by atoms with Gasteiger partial charge in [0, 0.05) is 24.8 Å². The summed E-state index contributed by atoms with van der Waals surface area (Å²) in [7, 11) is -1.47. The van der Waals surface area contributed by atoms with E-state index >= 15 is 0 Å². The third kappa shape index (κ3) is 3.81. The molecule has 0 atom stereocenters. The Labute approximate surface area is 95.6 Å². The second kappa shape index (κ2) is 6.47. The number of rotatable bonds is 6. The predicted molar refractivity (Wildman–Crippen MR) is 63.8 cm³/mol. The van der Waals surface area contributed by atoms with Gasteiger partial charge in [-0.3, -0.25) is 0 Å². The summed E-state index contributed by atoms with van der Waals surface area (Å²) >= 11 is 0. The highest BCUT2D eigenvalue weighted by atomic mass is 16.5. The van der Waals surface area contributed by atoms with Gasteiger partial charge in [0.25, 0.3) is 0 Å². The van der Waals surface area contributed by atoms with E-state index in [-0.39, 0.29) is 0 Å². The summed E-state index contributed by atoms with van der Waals surface area (Å²) in [6.07, 6.45) is 1.45. The molecule has 5 nitrogen and oxygen atoms in total. The van der Waals surface area contributed by atoms with Gasteiger partial charge in [0.1, 0.15) is 5.82 Å². The van der Waals surface area contributed by atoms with Crippen LogP contribution < -0.4 is 10.8 Å². The van der Waals surface area contributed by atoms with E-state index in [4.69, 9.17) is 14.8 Å². The molecule has 1 aromatic heterocycles.